The Morgan fingerprint density at radius 2 is 1.71 bits per heavy atom. The van der Waals surface area contributed by atoms with Gasteiger partial charge in [-0.3, -0.25) is 9.59 Å². The van der Waals surface area contributed by atoms with E-state index in [4.69, 9.17) is 0 Å². The zero-order chi connectivity index (χ0) is 13.0. The molecule has 0 aromatic heterocycles. The minimum atomic E-state index is -0.551. The van der Waals surface area contributed by atoms with E-state index in [0.29, 0.717) is 12.8 Å². The molecule has 1 aromatic carbocycles. The number of rotatable bonds is 4. The lowest BCUT2D eigenvalue weighted by Crippen LogP contribution is -2.26. The third-order valence-corrected chi connectivity index (χ3v) is 3.30. The number of aryl methyl sites for hydroxylation is 2. The highest BCUT2D eigenvalue weighted by atomic mass is 16.2. The standard InChI is InChI=1S/C14H19NO2/c1-9-7-10(2)12(4)13(11(9)3)5-6-15-14(17)8-16/h7-8H,5-6H2,1-4H3,(H,15,17). The molecule has 0 saturated carbocycles. The Morgan fingerprint density at radius 1 is 1.18 bits per heavy atom. The van der Waals surface area contributed by atoms with Crippen molar-refractivity contribution in [3.63, 3.8) is 0 Å². The fourth-order valence-corrected chi connectivity index (χ4v) is 2.03. The summed E-state index contributed by atoms with van der Waals surface area (Å²) in [4.78, 5) is 21.0. The van der Waals surface area contributed by atoms with Gasteiger partial charge in [0.1, 0.15) is 0 Å². The Balaban J connectivity index is 2.83. The summed E-state index contributed by atoms with van der Waals surface area (Å²) in [5.74, 6) is -0.551. The summed E-state index contributed by atoms with van der Waals surface area (Å²) >= 11 is 0. The van der Waals surface area contributed by atoms with E-state index < -0.39 is 5.91 Å². The Morgan fingerprint density at radius 3 is 2.18 bits per heavy atom. The number of benzene rings is 1. The number of hydrogen-bond donors (Lipinski definition) is 1. The minimum absolute atomic E-state index is 0.307. The molecule has 1 rings (SSSR count). The first-order valence-electron chi connectivity index (χ1n) is 5.76. The number of carbonyl (C=O) groups excluding carboxylic acids is 2. The van der Waals surface area contributed by atoms with Crippen molar-refractivity contribution in [3.8, 4) is 0 Å². The molecule has 0 unspecified atom stereocenters. The van der Waals surface area contributed by atoms with E-state index in [1.165, 1.54) is 27.8 Å². The summed E-state index contributed by atoms with van der Waals surface area (Å²) in [6.45, 7) is 8.88. The molecule has 0 aliphatic heterocycles. The zero-order valence-electron chi connectivity index (χ0n) is 10.9. The lowest BCUT2D eigenvalue weighted by molar-refractivity contribution is -0.131. The molecule has 0 saturated heterocycles. The van der Waals surface area contributed by atoms with E-state index >= 15 is 0 Å². The predicted octanol–water partition coefficient (Wildman–Crippen LogP) is 1.78. The van der Waals surface area contributed by atoms with Gasteiger partial charge in [-0.1, -0.05) is 6.07 Å². The maximum Gasteiger partial charge on any atom is 0.284 e. The van der Waals surface area contributed by atoms with Crippen LogP contribution in [0, 0.1) is 27.7 Å². The SMILES string of the molecule is Cc1cc(C)c(C)c(CCNC(=O)C=O)c1C. The van der Waals surface area contributed by atoms with Crippen LogP contribution in [-0.2, 0) is 16.0 Å². The van der Waals surface area contributed by atoms with Crippen molar-refractivity contribution in [3.05, 3.63) is 33.9 Å². The predicted molar refractivity (Wildman–Crippen MR) is 68.2 cm³/mol. The van der Waals surface area contributed by atoms with E-state index in [1.807, 2.05) is 0 Å². The molecule has 3 nitrogen and oxygen atoms in total. The molecular formula is C14H19NO2. The smallest absolute Gasteiger partial charge is 0.284 e. The Hall–Kier alpha value is -1.64. The van der Waals surface area contributed by atoms with Crippen LogP contribution in [0.1, 0.15) is 27.8 Å². The van der Waals surface area contributed by atoms with Crippen molar-refractivity contribution in [2.75, 3.05) is 6.54 Å². The number of aldehydes is 1. The van der Waals surface area contributed by atoms with Crippen molar-refractivity contribution in [2.45, 2.75) is 34.1 Å². The molecule has 1 amide bonds. The average Bonchev–Trinajstić information content (AvgIpc) is 2.30. The van der Waals surface area contributed by atoms with Gasteiger partial charge in [-0.25, -0.2) is 0 Å². The molecule has 1 N–H and O–H groups in total. The highest BCUT2D eigenvalue weighted by Gasteiger charge is 2.08. The highest BCUT2D eigenvalue weighted by Crippen LogP contribution is 2.21. The molecule has 3 heteroatoms. The van der Waals surface area contributed by atoms with Gasteiger partial charge in [0.2, 0.25) is 6.29 Å². The normalized spacial score (nSPS) is 10.1. The second-order valence-electron chi connectivity index (χ2n) is 4.40. The number of amides is 1. The first kappa shape index (κ1) is 13.4. The molecule has 0 spiro atoms. The molecule has 17 heavy (non-hydrogen) atoms. The second-order valence-corrected chi connectivity index (χ2v) is 4.40. The molecule has 0 heterocycles. The van der Waals surface area contributed by atoms with Gasteiger partial charge in [-0.05, 0) is 61.9 Å². The van der Waals surface area contributed by atoms with Gasteiger partial charge < -0.3 is 5.32 Å². The Kier molecular flexibility index (Phi) is 4.44. The third-order valence-electron chi connectivity index (χ3n) is 3.30. The fourth-order valence-electron chi connectivity index (χ4n) is 2.03. The molecule has 0 fully saturated rings. The van der Waals surface area contributed by atoms with Crippen LogP contribution in [0.4, 0.5) is 0 Å². The minimum Gasteiger partial charge on any atom is -0.349 e. The molecule has 0 atom stereocenters. The molecular weight excluding hydrogens is 214 g/mol. The van der Waals surface area contributed by atoms with Gasteiger partial charge in [-0.2, -0.15) is 0 Å². The average molecular weight is 233 g/mol. The Labute approximate surface area is 102 Å². The van der Waals surface area contributed by atoms with Crippen molar-refractivity contribution in [1.29, 1.82) is 0 Å². The van der Waals surface area contributed by atoms with Crippen molar-refractivity contribution in [1.82, 2.24) is 5.32 Å². The molecule has 0 bridgehead atoms. The molecule has 0 aliphatic carbocycles. The van der Waals surface area contributed by atoms with E-state index in [0.717, 1.165) is 6.42 Å². The van der Waals surface area contributed by atoms with Crippen LogP contribution in [0.25, 0.3) is 0 Å². The van der Waals surface area contributed by atoms with Crippen LogP contribution < -0.4 is 5.32 Å². The largest absolute Gasteiger partial charge is 0.349 e. The van der Waals surface area contributed by atoms with Gasteiger partial charge >= 0.3 is 0 Å². The van der Waals surface area contributed by atoms with Gasteiger partial charge in [0.15, 0.2) is 0 Å². The summed E-state index contributed by atoms with van der Waals surface area (Å²) in [5.41, 5.74) is 6.35. The molecule has 0 radical (unpaired) electrons. The van der Waals surface area contributed by atoms with E-state index in [9.17, 15) is 9.59 Å². The first-order valence-corrected chi connectivity index (χ1v) is 5.76. The Bertz CT molecular complexity index is 424. The number of nitrogens with one attached hydrogen (secondary N) is 1. The first-order chi connectivity index (χ1) is 7.97. The van der Waals surface area contributed by atoms with Crippen molar-refractivity contribution >= 4 is 12.2 Å². The maximum atomic E-state index is 10.8. The zero-order valence-corrected chi connectivity index (χ0v) is 10.9. The molecule has 1 aromatic rings. The van der Waals surface area contributed by atoms with Crippen LogP contribution in [0.3, 0.4) is 0 Å². The molecule has 92 valence electrons. The van der Waals surface area contributed by atoms with Gasteiger partial charge in [0.05, 0.1) is 0 Å². The third kappa shape index (κ3) is 3.16. The van der Waals surface area contributed by atoms with Crippen LogP contribution in [0.2, 0.25) is 0 Å². The second kappa shape index (κ2) is 5.62. The fraction of sp³-hybridized carbons (Fsp3) is 0.429. The topological polar surface area (TPSA) is 46.2 Å². The quantitative estimate of drug-likeness (QED) is 0.636. The lowest BCUT2D eigenvalue weighted by atomic mass is 9.92. The number of hydrogen-bond acceptors (Lipinski definition) is 2. The van der Waals surface area contributed by atoms with Crippen LogP contribution in [-0.4, -0.2) is 18.7 Å². The van der Waals surface area contributed by atoms with E-state index in [-0.39, 0.29) is 0 Å². The summed E-state index contributed by atoms with van der Waals surface area (Å²) in [7, 11) is 0. The van der Waals surface area contributed by atoms with Crippen molar-refractivity contribution < 1.29 is 9.59 Å². The van der Waals surface area contributed by atoms with Gasteiger partial charge in [0.25, 0.3) is 5.91 Å². The van der Waals surface area contributed by atoms with Gasteiger partial charge in [-0.15, -0.1) is 0 Å². The molecule has 0 aliphatic rings. The highest BCUT2D eigenvalue weighted by molar-refractivity contribution is 6.23. The van der Waals surface area contributed by atoms with E-state index in [2.05, 4.69) is 39.1 Å². The number of carbonyl (C=O) groups is 2. The summed E-state index contributed by atoms with van der Waals surface area (Å²) in [5, 5.41) is 2.57. The van der Waals surface area contributed by atoms with Gasteiger partial charge in [0, 0.05) is 6.54 Å². The summed E-state index contributed by atoms with van der Waals surface area (Å²) in [6.07, 6.45) is 1.07. The lowest BCUT2D eigenvalue weighted by Gasteiger charge is -2.15. The summed E-state index contributed by atoms with van der Waals surface area (Å²) in [6, 6.07) is 2.18. The monoisotopic (exact) mass is 233 g/mol. The van der Waals surface area contributed by atoms with E-state index in [1.54, 1.807) is 0 Å². The summed E-state index contributed by atoms with van der Waals surface area (Å²) < 4.78 is 0. The van der Waals surface area contributed by atoms with Crippen LogP contribution in [0.5, 0.6) is 0 Å². The van der Waals surface area contributed by atoms with Crippen molar-refractivity contribution in [2.24, 2.45) is 0 Å². The van der Waals surface area contributed by atoms with Crippen LogP contribution in [0.15, 0.2) is 6.07 Å². The maximum absolute atomic E-state index is 10.8. The van der Waals surface area contributed by atoms with Crippen LogP contribution >= 0.6 is 0 Å².